The van der Waals surface area contributed by atoms with E-state index < -0.39 is 0 Å². The largest absolute Gasteiger partial charge is 0.359 e. The molecule has 1 unspecified atom stereocenters. The molecule has 4 heteroatoms. The Kier molecular flexibility index (Phi) is 4.15. The van der Waals surface area contributed by atoms with E-state index in [-0.39, 0.29) is 5.91 Å². The predicted molar refractivity (Wildman–Crippen MR) is 85.6 cm³/mol. The van der Waals surface area contributed by atoms with Crippen molar-refractivity contribution in [1.82, 2.24) is 9.80 Å². The number of likely N-dealkylation sites (N-methyl/N-ethyl adjacent to an activating group) is 1. The molecule has 114 valence electrons. The number of anilines is 1. The van der Waals surface area contributed by atoms with Crippen LogP contribution in [0.15, 0.2) is 24.3 Å². The molecule has 1 fully saturated rings. The van der Waals surface area contributed by atoms with Gasteiger partial charge in [0.25, 0.3) is 0 Å². The van der Waals surface area contributed by atoms with Crippen LogP contribution in [-0.2, 0) is 11.2 Å². The first-order valence-electron chi connectivity index (χ1n) is 8.03. The summed E-state index contributed by atoms with van der Waals surface area (Å²) >= 11 is 0. The summed E-state index contributed by atoms with van der Waals surface area (Å²) in [4.78, 5) is 19.3. The number of fused-ring (bicyclic) bond motifs is 1. The zero-order valence-corrected chi connectivity index (χ0v) is 13.1. The van der Waals surface area contributed by atoms with Crippen LogP contribution in [0, 0.1) is 0 Å². The van der Waals surface area contributed by atoms with Crippen LogP contribution in [0.25, 0.3) is 0 Å². The van der Waals surface area contributed by atoms with Crippen molar-refractivity contribution in [3.8, 4) is 0 Å². The van der Waals surface area contributed by atoms with Crippen LogP contribution in [0.5, 0.6) is 0 Å². The van der Waals surface area contributed by atoms with Gasteiger partial charge in [0.1, 0.15) is 0 Å². The summed E-state index contributed by atoms with van der Waals surface area (Å²) in [7, 11) is 0. The number of amides is 1. The number of hydrogen-bond acceptors (Lipinski definition) is 3. The fraction of sp³-hybridized carbons (Fsp3) is 0.588. The Morgan fingerprint density at radius 3 is 2.62 bits per heavy atom. The molecule has 1 atom stereocenters. The summed E-state index contributed by atoms with van der Waals surface area (Å²) in [6.07, 6.45) is 1.05. The van der Waals surface area contributed by atoms with E-state index in [9.17, 15) is 4.79 Å². The van der Waals surface area contributed by atoms with E-state index in [4.69, 9.17) is 0 Å². The van der Waals surface area contributed by atoms with Crippen molar-refractivity contribution < 1.29 is 4.79 Å². The lowest BCUT2D eigenvalue weighted by atomic mass is 10.1. The number of para-hydroxylation sites is 1. The molecule has 0 saturated carbocycles. The Hall–Kier alpha value is -1.55. The van der Waals surface area contributed by atoms with Crippen molar-refractivity contribution in [1.29, 1.82) is 0 Å². The van der Waals surface area contributed by atoms with E-state index in [2.05, 4.69) is 47.9 Å². The molecule has 0 aliphatic carbocycles. The molecule has 0 N–H and O–H groups in total. The van der Waals surface area contributed by atoms with Crippen molar-refractivity contribution in [2.45, 2.75) is 26.3 Å². The van der Waals surface area contributed by atoms with Crippen molar-refractivity contribution in [2.24, 2.45) is 0 Å². The molecule has 0 spiro atoms. The topological polar surface area (TPSA) is 26.8 Å². The fourth-order valence-electron chi connectivity index (χ4n) is 3.43. The Morgan fingerprint density at radius 1 is 1.19 bits per heavy atom. The van der Waals surface area contributed by atoms with Gasteiger partial charge in [-0.1, -0.05) is 25.1 Å². The lowest BCUT2D eigenvalue weighted by Gasteiger charge is -2.35. The summed E-state index contributed by atoms with van der Waals surface area (Å²) in [5, 5.41) is 0. The summed E-state index contributed by atoms with van der Waals surface area (Å²) in [6, 6.07) is 8.88. The fourth-order valence-corrected chi connectivity index (χ4v) is 3.43. The highest BCUT2D eigenvalue weighted by molar-refractivity contribution is 5.82. The van der Waals surface area contributed by atoms with E-state index in [1.54, 1.807) is 0 Å². The number of benzene rings is 1. The van der Waals surface area contributed by atoms with Crippen molar-refractivity contribution in [3.05, 3.63) is 29.8 Å². The molecule has 1 amide bonds. The smallest absolute Gasteiger partial charge is 0.242 e. The molecular formula is C17H25N3O. The van der Waals surface area contributed by atoms with Crippen molar-refractivity contribution in [2.75, 3.05) is 44.2 Å². The maximum atomic E-state index is 12.6. The lowest BCUT2D eigenvalue weighted by molar-refractivity contribution is -0.131. The Bertz CT molecular complexity index is 509. The SMILES string of the molecule is CCN1CCN(C(=O)CN2c3ccccc3CC2C)CC1. The van der Waals surface area contributed by atoms with E-state index >= 15 is 0 Å². The van der Waals surface area contributed by atoms with Gasteiger partial charge in [-0.3, -0.25) is 4.79 Å². The van der Waals surface area contributed by atoms with Gasteiger partial charge in [-0.15, -0.1) is 0 Å². The van der Waals surface area contributed by atoms with Gasteiger partial charge in [0.15, 0.2) is 0 Å². The Balaban J connectivity index is 1.63. The first kappa shape index (κ1) is 14.4. The first-order valence-corrected chi connectivity index (χ1v) is 8.03. The highest BCUT2D eigenvalue weighted by Crippen LogP contribution is 2.31. The van der Waals surface area contributed by atoms with Crippen LogP contribution < -0.4 is 4.90 Å². The third kappa shape index (κ3) is 2.91. The van der Waals surface area contributed by atoms with Gasteiger partial charge in [0.2, 0.25) is 5.91 Å². The number of hydrogen-bond donors (Lipinski definition) is 0. The van der Waals surface area contributed by atoms with Gasteiger partial charge < -0.3 is 14.7 Å². The molecule has 0 bridgehead atoms. The molecule has 1 aromatic rings. The van der Waals surface area contributed by atoms with E-state index in [1.807, 2.05) is 4.90 Å². The third-order valence-corrected chi connectivity index (χ3v) is 4.83. The normalized spacial score (nSPS) is 22.5. The number of rotatable bonds is 3. The maximum Gasteiger partial charge on any atom is 0.242 e. The maximum absolute atomic E-state index is 12.6. The minimum atomic E-state index is 0.273. The summed E-state index contributed by atoms with van der Waals surface area (Å²) < 4.78 is 0. The molecule has 1 aromatic carbocycles. The zero-order chi connectivity index (χ0) is 14.8. The first-order chi connectivity index (χ1) is 10.2. The molecule has 4 nitrogen and oxygen atoms in total. The highest BCUT2D eigenvalue weighted by atomic mass is 16.2. The van der Waals surface area contributed by atoms with Gasteiger partial charge in [0.05, 0.1) is 6.54 Å². The lowest BCUT2D eigenvalue weighted by Crippen LogP contribution is -2.51. The minimum absolute atomic E-state index is 0.273. The molecule has 3 rings (SSSR count). The molecule has 2 heterocycles. The standard InChI is InChI=1S/C17H25N3O/c1-3-18-8-10-19(11-9-18)17(21)13-20-14(2)12-15-6-4-5-7-16(15)20/h4-7,14H,3,8-13H2,1-2H3. The number of nitrogens with zero attached hydrogens (tertiary/aromatic N) is 3. The van der Waals surface area contributed by atoms with E-state index in [0.29, 0.717) is 12.6 Å². The van der Waals surface area contributed by atoms with Crippen LogP contribution in [-0.4, -0.2) is 61.0 Å². The second kappa shape index (κ2) is 6.06. The average molecular weight is 287 g/mol. The molecule has 1 saturated heterocycles. The summed E-state index contributed by atoms with van der Waals surface area (Å²) in [5.74, 6) is 0.273. The molecule has 2 aliphatic heterocycles. The molecule has 0 radical (unpaired) electrons. The predicted octanol–water partition coefficient (Wildman–Crippen LogP) is 1.60. The van der Waals surface area contributed by atoms with Gasteiger partial charge in [-0.2, -0.15) is 0 Å². The molecule has 2 aliphatic rings. The molecular weight excluding hydrogens is 262 g/mol. The Labute approximate surface area is 127 Å². The highest BCUT2D eigenvalue weighted by Gasteiger charge is 2.29. The van der Waals surface area contributed by atoms with Gasteiger partial charge >= 0.3 is 0 Å². The third-order valence-electron chi connectivity index (χ3n) is 4.83. The van der Waals surface area contributed by atoms with E-state index in [0.717, 1.165) is 39.1 Å². The van der Waals surface area contributed by atoms with Gasteiger partial charge in [-0.05, 0) is 31.5 Å². The van der Waals surface area contributed by atoms with Crippen LogP contribution >= 0.6 is 0 Å². The van der Waals surface area contributed by atoms with Crippen LogP contribution in [0.4, 0.5) is 5.69 Å². The Morgan fingerprint density at radius 2 is 1.90 bits per heavy atom. The van der Waals surface area contributed by atoms with Gasteiger partial charge in [0, 0.05) is 37.9 Å². The average Bonchev–Trinajstić information content (AvgIpc) is 2.83. The minimum Gasteiger partial charge on any atom is -0.359 e. The van der Waals surface area contributed by atoms with E-state index in [1.165, 1.54) is 11.3 Å². The number of carbonyl (C=O) groups excluding carboxylic acids is 1. The second-order valence-electron chi connectivity index (χ2n) is 6.12. The molecule has 0 aromatic heterocycles. The van der Waals surface area contributed by atoms with Crippen LogP contribution in [0.2, 0.25) is 0 Å². The summed E-state index contributed by atoms with van der Waals surface area (Å²) in [5.41, 5.74) is 2.61. The quantitative estimate of drug-likeness (QED) is 0.845. The monoisotopic (exact) mass is 287 g/mol. The number of piperazine rings is 1. The zero-order valence-electron chi connectivity index (χ0n) is 13.1. The van der Waals surface area contributed by atoms with Crippen LogP contribution in [0.1, 0.15) is 19.4 Å². The molecule has 21 heavy (non-hydrogen) atoms. The van der Waals surface area contributed by atoms with Crippen molar-refractivity contribution in [3.63, 3.8) is 0 Å². The second-order valence-corrected chi connectivity index (χ2v) is 6.12. The number of carbonyl (C=O) groups is 1. The van der Waals surface area contributed by atoms with Crippen molar-refractivity contribution >= 4 is 11.6 Å². The van der Waals surface area contributed by atoms with Crippen LogP contribution in [0.3, 0.4) is 0 Å². The van der Waals surface area contributed by atoms with Gasteiger partial charge in [-0.25, -0.2) is 0 Å². The summed E-state index contributed by atoms with van der Waals surface area (Å²) in [6.45, 7) is 9.75.